The number of ether oxygens (including phenoxy) is 13. The summed E-state index contributed by atoms with van der Waals surface area (Å²) in [5.41, 5.74) is -4.91. The van der Waals surface area contributed by atoms with Crippen molar-refractivity contribution in [1.82, 2.24) is 5.32 Å². The van der Waals surface area contributed by atoms with E-state index in [1.807, 2.05) is 39.8 Å². The second-order valence-electron chi connectivity index (χ2n) is 28.2. The van der Waals surface area contributed by atoms with E-state index in [0.29, 0.717) is 49.5 Å². The van der Waals surface area contributed by atoms with Gasteiger partial charge < -0.3 is 87.3 Å². The van der Waals surface area contributed by atoms with Crippen LogP contribution in [0.4, 0.5) is 4.79 Å². The molecule has 518 valence electrons. The number of allylic oxidation sites excluding steroid dienone is 3. The number of ketones is 1. The summed E-state index contributed by atoms with van der Waals surface area (Å²) >= 11 is 0. The lowest BCUT2D eigenvalue weighted by atomic mass is 9.49. The largest absolute Gasteiger partial charge is 0.511 e. The number of nitrogens with one attached hydrogen (secondary N) is 1. The van der Waals surface area contributed by atoms with E-state index in [-0.39, 0.29) is 43.1 Å². The molecule has 6 heterocycles. The third-order valence-corrected chi connectivity index (χ3v) is 21.7. The fourth-order valence-corrected chi connectivity index (χ4v) is 16.9. The number of carbonyl (C=O) groups excluding carboxylic acids is 5. The van der Waals surface area contributed by atoms with Gasteiger partial charge in [-0.2, -0.15) is 0 Å². The molecule has 10 aliphatic rings. The molecule has 0 aromatic carbocycles. The molecule has 0 aromatic rings. The van der Waals surface area contributed by atoms with Gasteiger partial charge in [0.15, 0.2) is 43.2 Å². The number of nitrogens with zero attached hydrogens (tertiary/aromatic N) is 1. The Bertz CT molecular complexity index is 2960. The molecule has 6 saturated heterocycles. The highest BCUT2D eigenvalue weighted by atomic mass is 16.8. The van der Waals surface area contributed by atoms with Crippen molar-refractivity contribution < 1.29 is 111 Å². The average molecular weight is 1310 g/mol. The Kier molecular flexibility index (Phi) is 21.4. The van der Waals surface area contributed by atoms with Crippen LogP contribution in [-0.2, 0) is 80.8 Å². The molecule has 2 bridgehead atoms. The average Bonchev–Trinajstić information content (AvgIpc) is 1.68. The van der Waals surface area contributed by atoms with Crippen LogP contribution in [0.25, 0.3) is 0 Å². The molecule has 4 aliphatic carbocycles. The maximum Gasteiger partial charge on any atom is 0.407 e. The van der Waals surface area contributed by atoms with E-state index in [0.717, 1.165) is 7.11 Å². The van der Waals surface area contributed by atoms with E-state index in [2.05, 4.69) is 25.2 Å². The molecule has 29 atom stereocenters. The van der Waals surface area contributed by atoms with Gasteiger partial charge in [0, 0.05) is 68.1 Å². The van der Waals surface area contributed by atoms with Crippen molar-refractivity contribution in [2.75, 3.05) is 7.11 Å². The molecule has 93 heavy (non-hydrogen) atoms. The second kappa shape index (κ2) is 28.2. The summed E-state index contributed by atoms with van der Waals surface area (Å²) in [6.07, 6.45) is -4.21. The number of alkyl carbamates (subject to hydrolysis) is 1. The number of carbonyl (C=O) groups is 5. The number of esters is 2. The van der Waals surface area contributed by atoms with Crippen LogP contribution in [0.1, 0.15) is 147 Å². The lowest BCUT2D eigenvalue weighted by Gasteiger charge is -2.56. The highest BCUT2D eigenvalue weighted by molar-refractivity contribution is 6.26. The number of Topliss-reactive ketones (excluding diaryl/α,β-unsaturated/α-hetero) is 1. The van der Waals surface area contributed by atoms with Crippen LogP contribution in [0.2, 0.25) is 0 Å². The van der Waals surface area contributed by atoms with Crippen LogP contribution in [0.3, 0.4) is 0 Å². The fraction of sp³-hybridized carbons (Fsp3) is 0.776. The number of nitro groups is 1. The molecular formula is C67H96N2O24. The monoisotopic (exact) mass is 1310 g/mol. The van der Waals surface area contributed by atoms with Crippen LogP contribution >= 0.6 is 0 Å². The maximum absolute atomic E-state index is 15.6. The predicted octanol–water partition coefficient (Wildman–Crippen LogP) is 6.36. The first-order valence-electron chi connectivity index (χ1n) is 33.1. The summed E-state index contributed by atoms with van der Waals surface area (Å²) < 4.78 is 81.5. The molecule has 26 heteroatoms. The minimum absolute atomic E-state index is 0.00196. The van der Waals surface area contributed by atoms with E-state index in [9.17, 15) is 49.7 Å². The highest BCUT2D eigenvalue weighted by Crippen LogP contribution is 2.61. The minimum Gasteiger partial charge on any atom is -0.511 e. The number of aliphatic hydroxyl groups is 4. The SMILES string of the molecule is COC(=O)N[C@H]1[C@@H](C)O[C@@H](O[C@H]2CC=C(C)[C@@H]3C=C[C@@H]4[C@@H](O[C@H]5C[C@@H](O[C@H]6CC[C@@H](O[C@H]7C[C@@H](O)[C@@H](O[C@H]8CC[C@@H](O)[C@H](C)O8)[C@H](C)O7)[C@H](C)O6)[C@@H](OC(C)=O)[C@H](C)O5)[C@@H](C)C[C@H](C)[C@H]4[C@]3(C)C(O)=C3C(=O)O[C@]4(CC(C=O)=C[C@H](O)[C@H]4/C=C/2C)C3=O)C[C@]1(C)[N+](=O)[O-]. The topological polar surface area (TPSA) is 341 Å². The van der Waals surface area contributed by atoms with Crippen molar-refractivity contribution in [3.8, 4) is 0 Å². The third-order valence-electron chi connectivity index (χ3n) is 21.7. The van der Waals surface area contributed by atoms with E-state index in [1.54, 1.807) is 33.8 Å². The first-order valence-corrected chi connectivity index (χ1v) is 33.1. The molecule has 1 spiro atoms. The number of hydrogen-bond acceptors (Lipinski definition) is 24. The molecule has 26 nitrogen and oxygen atoms in total. The van der Waals surface area contributed by atoms with E-state index >= 15 is 4.79 Å². The molecule has 1 amide bonds. The summed E-state index contributed by atoms with van der Waals surface area (Å²) in [4.78, 5) is 80.4. The van der Waals surface area contributed by atoms with Gasteiger partial charge in [0.1, 0.15) is 35.9 Å². The quantitative estimate of drug-likeness (QED) is 0.0240. The lowest BCUT2D eigenvalue weighted by Crippen LogP contribution is -2.65. The molecule has 0 unspecified atom stereocenters. The summed E-state index contributed by atoms with van der Waals surface area (Å²) in [5.74, 6) is -6.46. The van der Waals surface area contributed by atoms with Gasteiger partial charge in [0.2, 0.25) is 11.3 Å². The highest BCUT2D eigenvalue weighted by Gasteiger charge is 2.65. The number of aldehydes is 1. The molecule has 6 aliphatic heterocycles. The predicted molar refractivity (Wildman–Crippen MR) is 325 cm³/mol. The maximum atomic E-state index is 15.6. The van der Waals surface area contributed by atoms with Gasteiger partial charge in [-0.3, -0.25) is 24.5 Å². The number of fused-ring (bicyclic) bond motifs is 4. The van der Waals surface area contributed by atoms with Gasteiger partial charge >= 0.3 is 18.0 Å². The standard InChI is InChI=1S/C67H96N2O24/c1-30-14-18-47(88-54-28-65(11,69(79)80)60(38(9)86-54)68-64(78)81-13)31(2)23-43-45(73)24-40(29-70)27-67(43)62(76)55(63(77)93-67)61(75)66(12)42(30)16-15-41-56(66)32(3)22-33(4)57(41)92-53-26-49(59(37(8)85-53)87-39(10)71)90-50-21-19-48(35(6)83-50)89-52-25-46(74)58(36(7)84-52)91-51-20-17-44(72)34(5)82-51/h14-16,23-24,29,32-38,41-54,56-60,72-75H,17-22,25-28H2,1-13H3,(H,68,78)/b30-14?,31-23+,61-55?/t32-,33-,34-,35-,36-,37-,38+,41-,42-,43+,44+,45-,46+,47-,48+,49+,50-,51-,52-,53-,54-,56+,57-,58-,59-,60-,65-,66+,67-/m0/s1. The zero-order valence-corrected chi connectivity index (χ0v) is 55.4. The van der Waals surface area contributed by atoms with Crippen molar-refractivity contribution in [2.45, 2.75) is 281 Å². The smallest absolute Gasteiger partial charge is 0.407 e. The van der Waals surface area contributed by atoms with Crippen LogP contribution in [0, 0.1) is 51.0 Å². The summed E-state index contributed by atoms with van der Waals surface area (Å²) in [7, 11) is 1.15. The van der Waals surface area contributed by atoms with E-state index < -0.39 is 210 Å². The van der Waals surface area contributed by atoms with Crippen LogP contribution in [0.15, 0.2) is 58.4 Å². The number of aliphatic hydroxyl groups excluding tert-OH is 4. The van der Waals surface area contributed by atoms with Gasteiger partial charge in [0.25, 0.3) is 0 Å². The van der Waals surface area contributed by atoms with E-state index in [4.69, 9.17) is 61.6 Å². The molecule has 5 N–H and O–H groups in total. The molecule has 10 rings (SSSR count). The van der Waals surface area contributed by atoms with Crippen molar-refractivity contribution in [3.63, 3.8) is 0 Å². The summed E-state index contributed by atoms with van der Waals surface area (Å²) in [6, 6.07) is -1.12. The van der Waals surface area contributed by atoms with Gasteiger partial charge in [0.05, 0.1) is 86.6 Å². The van der Waals surface area contributed by atoms with Crippen molar-refractivity contribution >= 4 is 30.1 Å². The van der Waals surface area contributed by atoms with Crippen LogP contribution < -0.4 is 5.32 Å². The van der Waals surface area contributed by atoms with Crippen molar-refractivity contribution in [2.24, 2.45) is 40.9 Å². The normalized spacial score (nSPS) is 46.8. The Hall–Kier alpha value is -5.07. The number of amides is 1. The first-order chi connectivity index (χ1) is 43.9. The minimum atomic E-state index is -2.20. The van der Waals surface area contributed by atoms with Crippen molar-refractivity contribution in [3.05, 3.63) is 68.5 Å². The Morgan fingerprint density at radius 2 is 1.35 bits per heavy atom. The summed E-state index contributed by atoms with van der Waals surface area (Å²) in [5, 5.41) is 62.0. The molecule has 1 saturated carbocycles. The van der Waals surface area contributed by atoms with Crippen LogP contribution in [0.5, 0.6) is 0 Å². The Balaban J connectivity index is 0.904. The number of methoxy groups -OCH3 is 1. The number of rotatable bonds is 14. The molecular weight excluding hydrogens is 1220 g/mol. The molecule has 0 aromatic heterocycles. The lowest BCUT2D eigenvalue weighted by molar-refractivity contribution is -0.584. The number of hydrogen-bond donors (Lipinski definition) is 5. The van der Waals surface area contributed by atoms with Crippen LogP contribution in [-0.4, -0.2) is 197 Å². The van der Waals surface area contributed by atoms with Crippen molar-refractivity contribution in [1.29, 1.82) is 0 Å². The Morgan fingerprint density at radius 1 is 0.720 bits per heavy atom. The zero-order valence-electron chi connectivity index (χ0n) is 55.4. The van der Waals surface area contributed by atoms with Gasteiger partial charge in [-0.05, 0) is 109 Å². The Labute approximate surface area is 542 Å². The Morgan fingerprint density at radius 3 is 2.01 bits per heavy atom. The molecule has 7 fully saturated rings. The third kappa shape index (κ3) is 14.0. The molecule has 0 radical (unpaired) electrons. The van der Waals surface area contributed by atoms with Gasteiger partial charge in [-0.15, -0.1) is 0 Å². The fourth-order valence-electron chi connectivity index (χ4n) is 16.9. The van der Waals surface area contributed by atoms with Gasteiger partial charge in [-0.25, -0.2) is 9.59 Å². The van der Waals surface area contributed by atoms with E-state index in [1.165, 1.54) is 19.9 Å². The summed E-state index contributed by atoms with van der Waals surface area (Å²) in [6.45, 7) is 21.0. The van der Waals surface area contributed by atoms with Gasteiger partial charge in [-0.1, -0.05) is 50.6 Å². The zero-order chi connectivity index (χ0) is 67.5. The second-order valence-corrected chi connectivity index (χ2v) is 28.2. The first kappa shape index (κ1) is 70.7.